The summed E-state index contributed by atoms with van der Waals surface area (Å²) in [5.74, 6) is 1.76. The molecular weight excluding hydrogens is 246 g/mol. The Labute approximate surface area is 124 Å². The van der Waals surface area contributed by atoms with Crippen LogP contribution < -0.4 is 10.1 Å². The van der Waals surface area contributed by atoms with E-state index >= 15 is 0 Å². The van der Waals surface area contributed by atoms with Gasteiger partial charge < -0.3 is 10.1 Å². The lowest BCUT2D eigenvalue weighted by Gasteiger charge is -2.21. The van der Waals surface area contributed by atoms with Crippen molar-refractivity contribution in [2.45, 2.75) is 58.9 Å². The Bertz CT molecular complexity index is 347. The van der Waals surface area contributed by atoms with Gasteiger partial charge in [-0.05, 0) is 49.4 Å². The molecule has 2 heteroatoms. The van der Waals surface area contributed by atoms with Gasteiger partial charge in [0.25, 0.3) is 0 Å². The van der Waals surface area contributed by atoms with Gasteiger partial charge in [-0.2, -0.15) is 0 Å². The summed E-state index contributed by atoms with van der Waals surface area (Å²) >= 11 is 0. The molecule has 0 fully saturated rings. The maximum atomic E-state index is 5.20. The molecule has 1 aromatic carbocycles. The highest BCUT2D eigenvalue weighted by atomic mass is 16.5. The second-order valence-electron chi connectivity index (χ2n) is 5.77. The number of hydrogen-bond donors (Lipinski definition) is 1. The molecule has 2 unspecified atom stereocenters. The molecule has 0 bridgehead atoms. The molecule has 1 aromatic rings. The summed E-state index contributed by atoms with van der Waals surface area (Å²) in [6, 6.07) is 9.10. The molecule has 20 heavy (non-hydrogen) atoms. The zero-order valence-corrected chi connectivity index (χ0v) is 13.6. The highest BCUT2D eigenvalue weighted by Crippen LogP contribution is 2.17. The first-order valence-electron chi connectivity index (χ1n) is 8.05. The van der Waals surface area contributed by atoms with Gasteiger partial charge in [0.1, 0.15) is 5.75 Å². The topological polar surface area (TPSA) is 21.3 Å². The molecule has 0 aliphatic carbocycles. The van der Waals surface area contributed by atoms with Gasteiger partial charge in [0.15, 0.2) is 0 Å². The van der Waals surface area contributed by atoms with Crippen LogP contribution in [0.1, 0.15) is 52.0 Å². The highest BCUT2D eigenvalue weighted by molar-refractivity contribution is 5.27. The van der Waals surface area contributed by atoms with E-state index in [1.807, 2.05) is 0 Å². The van der Waals surface area contributed by atoms with Crippen molar-refractivity contribution in [2.24, 2.45) is 5.92 Å². The third-order valence-corrected chi connectivity index (χ3v) is 3.90. The first kappa shape index (κ1) is 17.0. The van der Waals surface area contributed by atoms with Gasteiger partial charge in [0.2, 0.25) is 0 Å². The normalized spacial score (nSPS) is 14.0. The minimum Gasteiger partial charge on any atom is -0.497 e. The maximum Gasteiger partial charge on any atom is 0.118 e. The molecule has 0 heterocycles. The molecule has 2 atom stereocenters. The standard InChI is InChI=1S/C18H31NO/c1-5-7-15(3)14-17(19-6-2)11-8-16-9-12-18(20-4)13-10-16/h9-10,12-13,15,17,19H,5-8,11,14H2,1-4H3. The second-order valence-corrected chi connectivity index (χ2v) is 5.77. The monoisotopic (exact) mass is 277 g/mol. The SMILES string of the molecule is CCCC(C)CC(CCc1ccc(OC)cc1)NCC. The molecule has 0 radical (unpaired) electrons. The van der Waals surface area contributed by atoms with Crippen molar-refractivity contribution < 1.29 is 4.74 Å². The molecule has 114 valence electrons. The van der Waals surface area contributed by atoms with Crippen molar-refractivity contribution in [1.29, 1.82) is 0 Å². The Balaban J connectivity index is 2.44. The van der Waals surface area contributed by atoms with E-state index in [0.717, 1.165) is 24.6 Å². The first-order valence-corrected chi connectivity index (χ1v) is 8.05. The summed E-state index contributed by atoms with van der Waals surface area (Å²) in [5, 5.41) is 3.64. The van der Waals surface area contributed by atoms with Gasteiger partial charge in [-0.15, -0.1) is 0 Å². The summed E-state index contributed by atoms with van der Waals surface area (Å²) in [4.78, 5) is 0. The predicted octanol–water partition coefficient (Wildman–Crippen LogP) is 4.43. The number of methoxy groups -OCH3 is 1. The summed E-state index contributed by atoms with van der Waals surface area (Å²) in [6.07, 6.45) is 6.27. The van der Waals surface area contributed by atoms with Crippen LogP contribution >= 0.6 is 0 Å². The summed E-state index contributed by atoms with van der Waals surface area (Å²) in [5.41, 5.74) is 1.40. The second kappa shape index (κ2) is 9.82. The minimum atomic E-state index is 0.642. The molecule has 0 saturated carbocycles. The van der Waals surface area contributed by atoms with Gasteiger partial charge in [0, 0.05) is 6.04 Å². The molecule has 0 aliphatic rings. The first-order chi connectivity index (χ1) is 9.69. The van der Waals surface area contributed by atoms with E-state index in [1.54, 1.807) is 7.11 Å². The van der Waals surface area contributed by atoms with Crippen LogP contribution in [0.5, 0.6) is 5.75 Å². The third-order valence-electron chi connectivity index (χ3n) is 3.90. The Morgan fingerprint density at radius 3 is 2.35 bits per heavy atom. The molecule has 0 aromatic heterocycles. The van der Waals surface area contributed by atoms with Gasteiger partial charge in [-0.25, -0.2) is 0 Å². The van der Waals surface area contributed by atoms with Crippen molar-refractivity contribution in [3.8, 4) is 5.75 Å². The Kier molecular flexibility index (Phi) is 8.36. The minimum absolute atomic E-state index is 0.642. The lowest BCUT2D eigenvalue weighted by atomic mass is 9.93. The predicted molar refractivity (Wildman–Crippen MR) is 87.5 cm³/mol. The Morgan fingerprint density at radius 2 is 1.80 bits per heavy atom. The lowest BCUT2D eigenvalue weighted by Crippen LogP contribution is -2.31. The fourth-order valence-electron chi connectivity index (χ4n) is 2.82. The van der Waals surface area contributed by atoms with E-state index in [-0.39, 0.29) is 0 Å². The highest BCUT2D eigenvalue weighted by Gasteiger charge is 2.12. The number of rotatable bonds is 10. The van der Waals surface area contributed by atoms with Gasteiger partial charge in [-0.1, -0.05) is 45.7 Å². The number of benzene rings is 1. The van der Waals surface area contributed by atoms with E-state index in [2.05, 4.69) is 50.4 Å². The molecule has 0 aliphatic heterocycles. The molecule has 0 amide bonds. The maximum absolute atomic E-state index is 5.20. The summed E-state index contributed by atoms with van der Waals surface area (Å²) in [7, 11) is 1.71. The largest absolute Gasteiger partial charge is 0.497 e. The quantitative estimate of drug-likeness (QED) is 0.683. The smallest absolute Gasteiger partial charge is 0.118 e. The number of nitrogens with one attached hydrogen (secondary N) is 1. The van der Waals surface area contributed by atoms with Gasteiger partial charge >= 0.3 is 0 Å². The fraction of sp³-hybridized carbons (Fsp3) is 0.667. The van der Waals surface area contributed by atoms with Crippen LogP contribution in [-0.2, 0) is 6.42 Å². The van der Waals surface area contributed by atoms with E-state index in [0.29, 0.717) is 6.04 Å². The average Bonchev–Trinajstić information content (AvgIpc) is 2.46. The zero-order valence-electron chi connectivity index (χ0n) is 13.6. The molecule has 0 spiro atoms. The fourth-order valence-corrected chi connectivity index (χ4v) is 2.82. The zero-order chi connectivity index (χ0) is 14.8. The Hall–Kier alpha value is -1.02. The molecular formula is C18H31NO. The van der Waals surface area contributed by atoms with E-state index in [4.69, 9.17) is 4.74 Å². The van der Waals surface area contributed by atoms with Crippen LogP contribution in [0.15, 0.2) is 24.3 Å². The van der Waals surface area contributed by atoms with E-state index < -0.39 is 0 Å². The van der Waals surface area contributed by atoms with Gasteiger partial charge in [-0.3, -0.25) is 0 Å². The molecule has 0 saturated heterocycles. The summed E-state index contributed by atoms with van der Waals surface area (Å²) < 4.78 is 5.20. The van der Waals surface area contributed by atoms with Crippen LogP contribution in [0.25, 0.3) is 0 Å². The van der Waals surface area contributed by atoms with Crippen LogP contribution in [0.3, 0.4) is 0 Å². The lowest BCUT2D eigenvalue weighted by molar-refractivity contribution is 0.372. The third kappa shape index (κ3) is 6.42. The number of ether oxygens (including phenoxy) is 1. The van der Waals surface area contributed by atoms with Crippen molar-refractivity contribution in [2.75, 3.05) is 13.7 Å². The van der Waals surface area contributed by atoms with E-state index in [1.165, 1.54) is 31.2 Å². The summed E-state index contributed by atoms with van der Waals surface area (Å²) in [6.45, 7) is 7.91. The van der Waals surface area contributed by atoms with Crippen LogP contribution in [-0.4, -0.2) is 19.7 Å². The van der Waals surface area contributed by atoms with Crippen LogP contribution in [0, 0.1) is 5.92 Å². The number of hydrogen-bond acceptors (Lipinski definition) is 2. The van der Waals surface area contributed by atoms with Crippen molar-refractivity contribution >= 4 is 0 Å². The van der Waals surface area contributed by atoms with Crippen LogP contribution in [0.2, 0.25) is 0 Å². The van der Waals surface area contributed by atoms with Gasteiger partial charge in [0.05, 0.1) is 7.11 Å². The van der Waals surface area contributed by atoms with Crippen molar-refractivity contribution in [3.63, 3.8) is 0 Å². The van der Waals surface area contributed by atoms with Crippen LogP contribution in [0.4, 0.5) is 0 Å². The molecule has 1 N–H and O–H groups in total. The van der Waals surface area contributed by atoms with Crippen molar-refractivity contribution in [3.05, 3.63) is 29.8 Å². The number of aryl methyl sites for hydroxylation is 1. The molecule has 1 rings (SSSR count). The molecule has 2 nitrogen and oxygen atoms in total. The van der Waals surface area contributed by atoms with E-state index in [9.17, 15) is 0 Å². The Morgan fingerprint density at radius 1 is 1.10 bits per heavy atom. The average molecular weight is 277 g/mol. The van der Waals surface area contributed by atoms with Crippen molar-refractivity contribution in [1.82, 2.24) is 5.32 Å².